The molecule has 0 amide bonds. The zero-order valence-electron chi connectivity index (χ0n) is 10.7. The standard InChI is InChI=1S/C14H16N2O2/c1-9-4-5-12(8-15-9)11(3)16-10(2)6-13(17)7-14(16)18/h4-8,11,17H,1-3H3. The molecule has 0 aliphatic rings. The van der Waals surface area contributed by atoms with E-state index in [1.165, 1.54) is 6.07 Å². The fourth-order valence-corrected chi connectivity index (χ4v) is 2.07. The van der Waals surface area contributed by atoms with Crippen LogP contribution in [0, 0.1) is 13.8 Å². The summed E-state index contributed by atoms with van der Waals surface area (Å²) in [6, 6.07) is 6.59. The molecule has 0 bridgehead atoms. The lowest BCUT2D eigenvalue weighted by Gasteiger charge is -2.18. The van der Waals surface area contributed by atoms with Gasteiger partial charge in [0.05, 0.1) is 6.04 Å². The fourth-order valence-electron chi connectivity index (χ4n) is 2.07. The van der Waals surface area contributed by atoms with Crippen molar-refractivity contribution in [3.05, 3.63) is 57.8 Å². The number of hydrogen-bond donors (Lipinski definition) is 1. The minimum Gasteiger partial charge on any atom is -0.508 e. The average molecular weight is 244 g/mol. The first-order valence-corrected chi connectivity index (χ1v) is 5.84. The molecule has 0 fully saturated rings. The Kier molecular flexibility index (Phi) is 3.19. The maximum absolute atomic E-state index is 11.9. The van der Waals surface area contributed by atoms with Gasteiger partial charge >= 0.3 is 0 Å². The number of aromatic hydroxyl groups is 1. The van der Waals surface area contributed by atoms with E-state index in [1.807, 2.05) is 26.0 Å². The molecule has 1 unspecified atom stereocenters. The second-order valence-electron chi connectivity index (χ2n) is 4.47. The van der Waals surface area contributed by atoms with E-state index >= 15 is 0 Å². The number of aryl methyl sites for hydroxylation is 2. The molecule has 0 aliphatic heterocycles. The number of nitrogens with zero attached hydrogens (tertiary/aromatic N) is 2. The molecule has 0 aromatic carbocycles. The summed E-state index contributed by atoms with van der Waals surface area (Å²) < 4.78 is 1.64. The fraction of sp³-hybridized carbons (Fsp3) is 0.286. The molecule has 2 aromatic heterocycles. The smallest absolute Gasteiger partial charge is 0.254 e. The van der Waals surface area contributed by atoms with E-state index in [0.29, 0.717) is 0 Å². The van der Waals surface area contributed by atoms with Crippen LogP contribution in [0.15, 0.2) is 35.3 Å². The Hall–Kier alpha value is -2.10. The van der Waals surface area contributed by atoms with Crippen molar-refractivity contribution in [1.82, 2.24) is 9.55 Å². The molecule has 94 valence electrons. The van der Waals surface area contributed by atoms with E-state index in [2.05, 4.69) is 4.98 Å². The summed E-state index contributed by atoms with van der Waals surface area (Å²) in [6.45, 7) is 5.67. The van der Waals surface area contributed by atoms with Crippen molar-refractivity contribution < 1.29 is 5.11 Å². The quantitative estimate of drug-likeness (QED) is 0.880. The molecule has 0 radical (unpaired) electrons. The highest BCUT2D eigenvalue weighted by Crippen LogP contribution is 2.18. The molecule has 2 rings (SSSR count). The topological polar surface area (TPSA) is 55.1 Å². The highest BCUT2D eigenvalue weighted by molar-refractivity contribution is 5.25. The summed E-state index contributed by atoms with van der Waals surface area (Å²) in [7, 11) is 0. The maximum atomic E-state index is 11.9. The minimum atomic E-state index is -0.208. The van der Waals surface area contributed by atoms with Crippen molar-refractivity contribution in [3.63, 3.8) is 0 Å². The van der Waals surface area contributed by atoms with Crippen LogP contribution in [0.4, 0.5) is 0 Å². The van der Waals surface area contributed by atoms with Gasteiger partial charge in [-0.25, -0.2) is 0 Å². The Balaban J connectivity index is 2.49. The highest BCUT2D eigenvalue weighted by Gasteiger charge is 2.12. The van der Waals surface area contributed by atoms with Crippen LogP contribution in [-0.4, -0.2) is 14.7 Å². The number of rotatable bonds is 2. The second-order valence-corrected chi connectivity index (χ2v) is 4.47. The molecule has 4 heteroatoms. The number of pyridine rings is 2. The third-order valence-electron chi connectivity index (χ3n) is 3.05. The molecule has 0 saturated heterocycles. The second kappa shape index (κ2) is 4.64. The molecule has 18 heavy (non-hydrogen) atoms. The van der Waals surface area contributed by atoms with Gasteiger partial charge in [0.15, 0.2) is 0 Å². The van der Waals surface area contributed by atoms with Crippen LogP contribution < -0.4 is 5.56 Å². The molecule has 2 aromatic rings. The number of aromatic nitrogens is 2. The molecule has 0 saturated carbocycles. The van der Waals surface area contributed by atoms with E-state index in [4.69, 9.17) is 0 Å². The predicted molar refractivity (Wildman–Crippen MR) is 69.9 cm³/mol. The van der Waals surface area contributed by atoms with Gasteiger partial charge in [0.25, 0.3) is 5.56 Å². The summed E-state index contributed by atoms with van der Waals surface area (Å²) in [5, 5.41) is 9.38. The highest BCUT2D eigenvalue weighted by atomic mass is 16.3. The van der Waals surface area contributed by atoms with Crippen LogP contribution in [-0.2, 0) is 0 Å². The van der Waals surface area contributed by atoms with Crippen molar-refractivity contribution in [3.8, 4) is 5.75 Å². The van der Waals surface area contributed by atoms with Gasteiger partial charge in [-0.05, 0) is 38.5 Å². The average Bonchev–Trinajstić information content (AvgIpc) is 2.28. The van der Waals surface area contributed by atoms with Crippen LogP contribution in [0.2, 0.25) is 0 Å². The Labute approximate surface area is 106 Å². The maximum Gasteiger partial charge on any atom is 0.254 e. The van der Waals surface area contributed by atoms with Crippen LogP contribution in [0.1, 0.15) is 29.9 Å². The lowest BCUT2D eigenvalue weighted by Crippen LogP contribution is -2.25. The first-order chi connectivity index (χ1) is 8.49. The van der Waals surface area contributed by atoms with Gasteiger partial charge in [-0.15, -0.1) is 0 Å². The van der Waals surface area contributed by atoms with Gasteiger partial charge in [-0.2, -0.15) is 0 Å². The van der Waals surface area contributed by atoms with Gasteiger partial charge in [-0.3, -0.25) is 9.78 Å². The van der Waals surface area contributed by atoms with E-state index in [9.17, 15) is 9.90 Å². The molecular formula is C14H16N2O2. The van der Waals surface area contributed by atoms with Gasteiger partial charge in [0.2, 0.25) is 0 Å². The van der Waals surface area contributed by atoms with Crippen molar-refractivity contribution in [2.75, 3.05) is 0 Å². The van der Waals surface area contributed by atoms with Crippen LogP contribution in [0.5, 0.6) is 5.75 Å². The van der Waals surface area contributed by atoms with Gasteiger partial charge in [-0.1, -0.05) is 6.07 Å². The summed E-state index contributed by atoms with van der Waals surface area (Å²) in [5.41, 5.74) is 2.44. The van der Waals surface area contributed by atoms with Crippen LogP contribution in [0.25, 0.3) is 0 Å². The number of hydrogen-bond acceptors (Lipinski definition) is 3. The van der Waals surface area contributed by atoms with Gasteiger partial charge in [0.1, 0.15) is 5.75 Å². The Morgan fingerprint density at radius 1 is 1.28 bits per heavy atom. The molecule has 4 nitrogen and oxygen atoms in total. The summed E-state index contributed by atoms with van der Waals surface area (Å²) in [4.78, 5) is 16.2. The Morgan fingerprint density at radius 3 is 2.56 bits per heavy atom. The van der Waals surface area contributed by atoms with E-state index in [1.54, 1.807) is 23.8 Å². The van der Waals surface area contributed by atoms with Crippen LogP contribution in [0.3, 0.4) is 0 Å². The first-order valence-electron chi connectivity index (χ1n) is 5.84. The van der Waals surface area contributed by atoms with Crippen molar-refractivity contribution in [1.29, 1.82) is 0 Å². The van der Waals surface area contributed by atoms with Crippen molar-refractivity contribution >= 4 is 0 Å². The van der Waals surface area contributed by atoms with Crippen molar-refractivity contribution in [2.45, 2.75) is 26.8 Å². The molecule has 0 aliphatic carbocycles. The normalized spacial score (nSPS) is 12.4. The predicted octanol–water partition coefficient (Wildman–Crippen LogP) is 2.18. The Bertz CT molecular complexity index is 615. The first kappa shape index (κ1) is 12.4. The summed E-state index contributed by atoms with van der Waals surface area (Å²) >= 11 is 0. The van der Waals surface area contributed by atoms with Crippen LogP contribution >= 0.6 is 0 Å². The molecule has 1 N–H and O–H groups in total. The molecule has 2 heterocycles. The SMILES string of the molecule is Cc1ccc(C(C)n2c(C)cc(O)cc2=O)cn1. The third kappa shape index (κ3) is 2.27. The largest absolute Gasteiger partial charge is 0.508 e. The van der Waals surface area contributed by atoms with Crippen molar-refractivity contribution in [2.24, 2.45) is 0 Å². The molecule has 0 spiro atoms. The van der Waals surface area contributed by atoms with E-state index < -0.39 is 0 Å². The summed E-state index contributed by atoms with van der Waals surface area (Å²) in [5.74, 6) is 0.00276. The lowest BCUT2D eigenvalue weighted by atomic mass is 10.1. The Morgan fingerprint density at radius 2 is 2.00 bits per heavy atom. The molecule has 1 atom stereocenters. The zero-order valence-corrected chi connectivity index (χ0v) is 10.7. The van der Waals surface area contributed by atoms with Gasteiger partial charge < -0.3 is 9.67 Å². The van der Waals surface area contributed by atoms with E-state index in [-0.39, 0.29) is 17.4 Å². The third-order valence-corrected chi connectivity index (χ3v) is 3.05. The zero-order chi connectivity index (χ0) is 13.3. The summed E-state index contributed by atoms with van der Waals surface area (Å²) in [6.07, 6.45) is 1.78. The monoisotopic (exact) mass is 244 g/mol. The van der Waals surface area contributed by atoms with E-state index in [0.717, 1.165) is 17.0 Å². The molecular weight excluding hydrogens is 228 g/mol. The van der Waals surface area contributed by atoms with Gasteiger partial charge in [0, 0.05) is 23.7 Å². The lowest BCUT2D eigenvalue weighted by molar-refractivity contribution is 0.467. The minimum absolute atomic E-state index is 0.00276.